The quantitative estimate of drug-likeness (QED) is 0.0474. The molecule has 14 rings (SSSR count). The molecular formula is C67H64F6N4O14S2. The van der Waals surface area contributed by atoms with Crippen molar-refractivity contribution in [1.82, 2.24) is 19.8 Å². The number of para-hydroxylation sites is 2. The molecular weight excluding hydrogens is 1260 g/mol. The standard InChI is InChI=1S/C34H33F3N2O7S.C33H31F3N2O7S/c1-43-33(40)25-9-4-8-24-23(25)7-5-11-29(24)47(41,42)39-30-20-14-15-21(30)17-22(16-20)44-18-27-31(38-46-32(27)19-12-13-19)26-6-2-3-10-28(26)45-34(35,36)37;34-33(35,36)44-27-9-2-1-5-25(27)30-26(31(45-37-30)18-11-12-18)17-43-21-15-19-13-14-20(16-21)29(19)38-46(41,42)28-10-4-6-22-23(28)7-3-8-24(22)32(39)40/h2-11,19-22,30,39H,12-18H2,1H3;1-10,18-21,29,38H,11-17H2,(H,39,40). The Morgan fingerprint density at radius 2 is 0.892 bits per heavy atom. The lowest BCUT2D eigenvalue weighted by Crippen LogP contribution is -2.46. The molecule has 0 aliphatic heterocycles. The van der Waals surface area contributed by atoms with Gasteiger partial charge in [0.25, 0.3) is 0 Å². The van der Waals surface area contributed by atoms with E-state index in [1.54, 1.807) is 60.7 Å². The zero-order valence-corrected chi connectivity index (χ0v) is 51.6. The lowest BCUT2D eigenvalue weighted by Gasteiger charge is -2.35. The third-order valence-corrected chi connectivity index (χ3v) is 21.9. The predicted octanol–water partition coefficient (Wildman–Crippen LogP) is 14.1. The van der Waals surface area contributed by atoms with Crippen molar-refractivity contribution < 1.29 is 90.6 Å². The van der Waals surface area contributed by atoms with Gasteiger partial charge in [0.2, 0.25) is 20.0 Å². The average molecular weight is 1330 g/mol. The minimum atomic E-state index is -4.87. The zero-order valence-electron chi connectivity index (χ0n) is 50.0. The number of nitrogens with zero attached hydrogens (tertiary/aromatic N) is 2. The van der Waals surface area contributed by atoms with Crippen LogP contribution in [0.15, 0.2) is 140 Å². The number of carboxylic acid groups (broad SMARTS) is 1. The van der Waals surface area contributed by atoms with Gasteiger partial charge in [-0.1, -0.05) is 83.1 Å². The molecule has 6 fully saturated rings. The van der Waals surface area contributed by atoms with Crippen molar-refractivity contribution in [2.45, 2.75) is 149 Å². The summed E-state index contributed by atoms with van der Waals surface area (Å²) in [4.78, 5) is 24.2. The number of carbonyl (C=O) groups excluding carboxylic acids is 1. The summed E-state index contributed by atoms with van der Waals surface area (Å²) in [6, 6.07) is 30.1. The van der Waals surface area contributed by atoms with Gasteiger partial charge in [-0.2, -0.15) is 0 Å². The number of methoxy groups -OCH3 is 1. The molecule has 490 valence electrons. The van der Waals surface area contributed by atoms with Crippen LogP contribution in [-0.4, -0.2) is 88.3 Å². The molecule has 0 saturated heterocycles. The van der Waals surface area contributed by atoms with E-state index in [9.17, 15) is 57.9 Å². The third-order valence-electron chi connectivity index (χ3n) is 18.9. The van der Waals surface area contributed by atoms with E-state index >= 15 is 0 Å². The fourth-order valence-electron chi connectivity index (χ4n) is 14.4. The zero-order chi connectivity index (χ0) is 65.1. The molecule has 93 heavy (non-hydrogen) atoms. The highest BCUT2D eigenvalue weighted by atomic mass is 32.2. The highest BCUT2D eigenvalue weighted by Gasteiger charge is 2.48. The Morgan fingerprint density at radius 3 is 1.28 bits per heavy atom. The number of hydrogen-bond donors (Lipinski definition) is 3. The van der Waals surface area contributed by atoms with Crippen LogP contribution in [0.4, 0.5) is 26.3 Å². The third kappa shape index (κ3) is 13.6. The number of fused-ring (bicyclic) bond motifs is 6. The molecule has 26 heteroatoms. The Morgan fingerprint density at radius 1 is 0.516 bits per heavy atom. The Bertz CT molecular complexity index is 4350. The number of sulfonamides is 2. The Labute approximate surface area is 530 Å². The molecule has 8 aromatic rings. The number of carbonyl (C=O) groups is 2. The van der Waals surface area contributed by atoms with Crippen molar-refractivity contribution >= 4 is 53.5 Å². The van der Waals surface area contributed by atoms with Crippen molar-refractivity contribution in [3.05, 3.63) is 155 Å². The van der Waals surface area contributed by atoms with E-state index in [1.165, 1.54) is 67.8 Å². The maximum absolute atomic E-state index is 13.8. The molecule has 6 aromatic carbocycles. The van der Waals surface area contributed by atoms with Gasteiger partial charge in [0.1, 0.15) is 34.4 Å². The molecule has 0 radical (unpaired) electrons. The van der Waals surface area contributed by atoms with Crippen LogP contribution < -0.4 is 18.9 Å². The number of carboxylic acids is 1. The van der Waals surface area contributed by atoms with E-state index in [1.807, 2.05) is 0 Å². The molecule has 0 spiro atoms. The molecule has 2 aromatic heterocycles. The van der Waals surface area contributed by atoms with E-state index in [2.05, 4.69) is 29.2 Å². The molecule has 0 amide bonds. The Balaban J connectivity index is 0.000000169. The molecule has 6 saturated carbocycles. The average Bonchev–Trinajstić information content (AvgIpc) is 1.55. The number of nitrogens with one attached hydrogen (secondary N) is 2. The molecule has 6 aliphatic carbocycles. The van der Waals surface area contributed by atoms with Crippen LogP contribution in [0.5, 0.6) is 11.5 Å². The number of esters is 1. The number of ether oxygens (including phenoxy) is 5. The van der Waals surface area contributed by atoms with E-state index in [4.69, 9.17) is 23.3 Å². The van der Waals surface area contributed by atoms with Crippen LogP contribution >= 0.6 is 0 Å². The summed E-state index contributed by atoms with van der Waals surface area (Å²) in [5.74, 6) is -0.774. The summed E-state index contributed by atoms with van der Waals surface area (Å²) in [5.41, 5.74) is 2.40. The van der Waals surface area contributed by atoms with Crippen LogP contribution in [0.1, 0.15) is 132 Å². The first kappa shape index (κ1) is 63.9. The van der Waals surface area contributed by atoms with Crippen molar-refractivity contribution in [1.29, 1.82) is 0 Å². The van der Waals surface area contributed by atoms with Gasteiger partial charge in [0.05, 0.1) is 53.4 Å². The van der Waals surface area contributed by atoms with Crippen LogP contribution in [-0.2, 0) is 47.5 Å². The second kappa shape index (κ2) is 25.4. The monoisotopic (exact) mass is 1330 g/mol. The van der Waals surface area contributed by atoms with Gasteiger partial charge < -0.3 is 37.8 Å². The fourth-order valence-corrected chi connectivity index (χ4v) is 17.6. The van der Waals surface area contributed by atoms with Gasteiger partial charge in [-0.15, -0.1) is 26.3 Å². The van der Waals surface area contributed by atoms with Gasteiger partial charge in [0, 0.05) is 56.9 Å². The normalized spacial score (nSPS) is 23.0. The lowest BCUT2D eigenvalue weighted by atomic mass is 9.83. The Hall–Kier alpha value is -7.88. The van der Waals surface area contributed by atoms with Crippen molar-refractivity contribution in [2.24, 2.45) is 23.7 Å². The summed E-state index contributed by atoms with van der Waals surface area (Å²) in [7, 11) is -6.64. The van der Waals surface area contributed by atoms with E-state index < -0.39 is 44.7 Å². The maximum atomic E-state index is 13.8. The number of aromatic nitrogens is 2. The summed E-state index contributed by atoms with van der Waals surface area (Å²) < 4.78 is 177. The van der Waals surface area contributed by atoms with Gasteiger partial charge >= 0.3 is 24.7 Å². The van der Waals surface area contributed by atoms with Crippen molar-refractivity contribution in [2.75, 3.05) is 7.11 Å². The molecule has 3 N–H and O–H groups in total. The first-order valence-corrected chi connectivity index (χ1v) is 33.8. The highest BCUT2D eigenvalue weighted by molar-refractivity contribution is 7.90. The van der Waals surface area contributed by atoms with Crippen LogP contribution in [0.2, 0.25) is 0 Å². The van der Waals surface area contributed by atoms with Gasteiger partial charge in [-0.3, -0.25) is 0 Å². The van der Waals surface area contributed by atoms with Gasteiger partial charge in [-0.05, 0) is 160 Å². The first-order valence-electron chi connectivity index (χ1n) is 30.8. The lowest BCUT2D eigenvalue weighted by molar-refractivity contribution is -0.275. The second-order valence-electron chi connectivity index (χ2n) is 24.8. The Kier molecular flexibility index (Phi) is 17.5. The largest absolute Gasteiger partial charge is 0.573 e. The van der Waals surface area contributed by atoms with E-state index in [0.717, 1.165) is 51.4 Å². The first-order chi connectivity index (χ1) is 44.5. The number of benzene rings is 6. The van der Waals surface area contributed by atoms with E-state index in [0.29, 0.717) is 69.9 Å². The van der Waals surface area contributed by atoms with E-state index in [-0.39, 0.29) is 128 Å². The van der Waals surface area contributed by atoms with Gasteiger partial charge in [0.15, 0.2) is 0 Å². The predicted molar refractivity (Wildman–Crippen MR) is 324 cm³/mol. The molecule has 18 nitrogen and oxygen atoms in total. The summed E-state index contributed by atoms with van der Waals surface area (Å²) in [6.45, 7) is 0.192. The maximum Gasteiger partial charge on any atom is 0.573 e. The SMILES string of the molecule is COC(=O)c1cccc2c(S(=O)(=O)NC3C4CCC3CC(OCc3c(-c5ccccc5OC(F)(F)F)noc3C3CC3)C4)cccc12.O=C(O)c1cccc2c(S(=O)(=O)NC3C4CCC3CC(OCc3c(-c5ccccc5OC(F)(F)F)noc3C3CC3)C4)cccc12. The smallest absolute Gasteiger partial charge is 0.478 e. The molecule has 6 aliphatic rings. The van der Waals surface area contributed by atoms with Crippen LogP contribution in [0, 0.1) is 23.7 Å². The van der Waals surface area contributed by atoms with Crippen molar-refractivity contribution in [3.63, 3.8) is 0 Å². The molecule has 4 atom stereocenters. The van der Waals surface area contributed by atoms with Crippen LogP contribution in [0.3, 0.4) is 0 Å². The number of halogens is 6. The summed E-state index contributed by atoms with van der Waals surface area (Å²) in [5, 5.41) is 19.5. The molecule has 4 bridgehead atoms. The number of alkyl halides is 6. The second-order valence-corrected chi connectivity index (χ2v) is 28.2. The van der Waals surface area contributed by atoms with Crippen molar-refractivity contribution in [3.8, 4) is 34.0 Å². The molecule has 2 heterocycles. The minimum Gasteiger partial charge on any atom is -0.478 e. The minimum absolute atomic E-state index is 0.0221. The van der Waals surface area contributed by atoms with Crippen LogP contribution in [0.25, 0.3) is 44.1 Å². The number of rotatable bonds is 20. The summed E-state index contributed by atoms with van der Waals surface area (Å²) >= 11 is 0. The topological polar surface area (TPSA) is 245 Å². The number of hydrogen-bond acceptors (Lipinski definition) is 15. The molecule has 4 unspecified atom stereocenters. The summed E-state index contributed by atoms with van der Waals surface area (Å²) in [6.07, 6.45) is -0.719. The highest BCUT2D eigenvalue weighted by Crippen LogP contribution is 2.50. The fraction of sp³-hybridized carbons (Fsp3) is 0.403. The number of aromatic carboxylic acids is 1. The van der Waals surface area contributed by atoms with Gasteiger partial charge in [-0.25, -0.2) is 35.9 Å².